The summed E-state index contributed by atoms with van der Waals surface area (Å²) in [6.45, 7) is 44.6. The smallest absolute Gasteiger partial charge is 0.252 e. The van der Waals surface area contributed by atoms with E-state index in [2.05, 4.69) is 249 Å². The van der Waals surface area contributed by atoms with Gasteiger partial charge in [0.25, 0.3) is 6.71 Å². The van der Waals surface area contributed by atoms with Crippen LogP contribution in [-0.2, 0) is 43.3 Å². The van der Waals surface area contributed by atoms with E-state index in [4.69, 9.17) is 0 Å². The molecule has 0 saturated heterocycles. The summed E-state index contributed by atoms with van der Waals surface area (Å²) in [6, 6.07) is 46.0. The van der Waals surface area contributed by atoms with Gasteiger partial charge in [0, 0.05) is 50.6 Å². The molecule has 3 nitrogen and oxygen atoms in total. The lowest BCUT2D eigenvalue weighted by molar-refractivity contribution is 0.195. The Kier molecular flexibility index (Phi) is 10.1. The van der Waals surface area contributed by atoms with Gasteiger partial charge in [0.05, 0.1) is 11.2 Å². The Labute approximate surface area is 487 Å². The number of rotatable bonds is 2. The second-order valence-corrected chi connectivity index (χ2v) is 32.4. The molecule has 1 fully saturated rings. The van der Waals surface area contributed by atoms with Crippen molar-refractivity contribution in [2.24, 2.45) is 0 Å². The fraction of sp³-hybridized carbons (Fsp3) is 0.455. The maximum Gasteiger partial charge on any atom is 0.252 e. The third-order valence-corrected chi connectivity index (χ3v) is 23.7. The lowest BCUT2D eigenvalue weighted by Gasteiger charge is -2.52. The fourth-order valence-electron chi connectivity index (χ4n) is 18.4. The third-order valence-electron chi connectivity index (χ3n) is 23.7. The van der Waals surface area contributed by atoms with Gasteiger partial charge in [-0.2, -0.15) is 0 Å². The summed E-state index contributed by atoms with van der Waals surface area (Å²) in [5.41, 5.74) is 33.9. The van der Waals surface area contributed by atoms with Crippen molar-refractivity contribution >= 4 is 68.6 Å². The van der Waals surface area contributed by atoms with E-state index in [1.807, 2.05) is 0 Å². The molecule has 7 aromatic carbocycles. The summed E-state index contributed by atoms with van der Waals surface area (Å²) in [4.78, 5) is 8.44. The summed E-state index contributed by atoms with van der Waals surface area (Å²) in [5, 5.41) is 0. The topological polar surface area (TPSA) is 9.72 Å². The predicted octanol–water partition coefficient (Wildman–Crippen LogP) is 18.8. The van der Waals surface area contributed by atoms with Crippen molar-refractivity contribution in [3.63, 3.8) is 0 Å². The molecule has 0 amide bonds. The molecule has 7 aromatic rings. The molecule has 15 rings (SSSR count). The Morgan fingerprint density at radius 3 is 1.69 bits per heavy atom. The van der Waals surface area contributed by atoms with E-state index in [1.165, 1.54) is 186 Å². The minimum atomic E-state index is -0.391. The molecule has 0 spiro atoms. The van der Waals surface area contributed by atoms with Crippen LogP contribution in [0.5, 0.6) is 0 Å². The van der Waals surface area contributed by atoms with Crippen molar-refractivity contribution < 1.29 is 0 Å². The number of nitrogens with zero attached hydrogens (tertiary/aromatic N) is 3. The van der Waals surface area contributed by atoms with Crippen LogP contribution < -0.4 is 31.1 Å². The molecule has 0 N–H and O–H groups in total. The first-order valence-electron chi connectivity index (χ1n) is 31.4. The first-order valence-corrected chi connectivity index (χ1v) is 31.4. The van der Waals surface area contributed by atoms with Crippen LogP contribution in [0, 0.1) is 6.92 Å². The summed E-state index contributed by atoms with van der Waals surface area (Å²) >= 11 is 0. The maximum atomic E-state index is 2.84. The number of fused-ring (bicyclic) bond motifs is 15. The number of hydrogen-bond acceptors (Lipinski definition) is 3. The Morgan fingerprint density at radius 1 is 0.420 bits per heavy atom. The minimum absolute atomic E-state index is 0.00119. The molecule has 3 atom stereocenters. The highest BCUT2D eigenvalue weighted by atomic mass is 15.3. The highest BCUT2D eigenvalue weighted by Gasteiger charge is 2.60. The highest BCUT2D eigenvalue weighted by Crippen LogP contribution is 2.66. The quantitative estimate of drug-likeness (QED) is 0.160. The second-order valence-electron chi connectivity index (χ2n) is 32.4. The van der Waals surface area contributed by atoms with Gasteiger partial charge in [0.1, 0.15) is 0 Å². The van der Waals surface area contributed by atoms with E-state index in [0.29, 0.717) is 0 Å². The minimum Gasteiger partial charge on any atom is -0.334 e. The third kappa shape index (κ3) is 6.55. The van der Waals surface area contributed by atoms with Crippen LogP contribution in [0.3, 0.4) is 0 Å². The van der Waals surface area contributed by atoms with Crippen LogP contribution in [0.4, 0.5) is 45.5 Å². The standard InChI is InChI=1S/C77H88BN3/c1-45-38-64-67-68-65(45)77(18)53-39-46(69(2,3)4)24-28-50(53)51-22-21-23-61(66(51)77)80(68)62-42-49(81-60-31-25-47(70(5,6)7)40-57(60)75(16)32-19-20-33-76(75,81)17)27-30-58(62)78(67)59-43-55-56(74(14,15)37-36-73(55,12)13)44-63(59)79(64)48-26-29-52-54(41-48)72(10,11)35-34-71(52,8)9/h21-31,38-44H,19-20,32-37H2,1-18H3. The Balaban J connectivity index is 1.07. The first kappa shape index (κ1) is 51.9. The zero-order valence-electron chi connectivity index (χ0n) is 52.5. The molecule has 4 heterocycles. The Hall–Kier alpha value is -6.00. The Morgan fingerprint density at radius 2 is 1.01 bits per heavy atom. The van der Waals surface area contributed by atoms with E-state index >= 15 is 0 Å². The van der Waals surface area contributed by atoms with Gasteiger partial charge in [-0.25, -0.2) is 0 Å². The lowest BCUT2D eigenvalue weighted by Crippen LogP contribution is -2.63. The lowest BCUT2D eigenvalue weighted by atomic mass is 9.32. The maximum absolute atomic E-state index is 2.84. The average molecular weight is 1070 g/mol. The Bertz CT molecular complexity index is 3960. The van der Waals surface area contributed by atoms with Gasteiger partial charge in [-0.05, 0) is 229 Å². The number of aryl methyl sites for hydroxylation is 1. The predicted molar refractivity (Wildman–Crippen MR) is 347 cm³/mol. The average Bonchev–Trinajstić information content (AvgIpc) is 1.99. The van der Waals surface area contributed by atoms with Gasteiger partial charge < -0.3 is 14.7 Å². The van der Waals surface area contributed by atoms with Gasteiger partial charge in [0.2, 0.25) is 0 Å². The summed E-state index contributed by atoms with van der Waals surface area (Å²) in [5.74, 6) is 0. The summed E-state index contributed by atoms with van der Waals surface area (Å²) in [6.07, 6.45) is 9.62. The van der Waals surface area contributed by atoms with Crippen LogP contribution in [0.15, 0.2) is 109 Å². The van der Waals surface area contributed by atoms with Gasteiger partial charge in [-0.3, -0.25) is 0 Å². The molecule has 81 heavy (non-hydrogen) atoms. The van der Waals surface area contributed by atoms with Crippen LogP contribution >= 0.6 is 0 Å². The van der Waals surface area contributed by atoms with Crippen molar-refractivity contribution in [2.45, 2.75) is 225 Å². The molecule has 4 aliphatic carbocycles. The SMILES string of the molecule is Cc1cc2c3c4c1C1(C)c5cc(C(C)(C)C)ccc5-c5cccc(c51)N4c1cc(N4c5ccc(C(C)(C)C)cc5C5(C)CCCCC45C)ccc1B3c1cc3c(cc1N2c1ccc2c(c1)C(C)(C)CCC2(C)C)C(C)(C)CCC3(C)C. The molecule has 414 valence electrons. The highest BCUT2D eigenvalue weighted by molar-refractivity contribution is 7.00. The van der Waals surface area contributed by atoms with Crippen LogP contribution in [0.2, 0.25) is 0 Å². The molecule has 4 heteroatoms. The molecule has 0 aromatic heterocycles. The molecule has 3 unspecified atom stereocenters. The number of anilines is 8. The number of hydrogen-bond donors (Lipinski definition) is 0. The van der Waals surface area contributed by atoms with Crippen LogP contribution in [-0.4, -0.2) is 12.3 Å². The van der Waals surface area contributed by atoms with Crippen molar-refractivity contribution in [3.8, 4) is 11.1 Å². The zero-order valence-corrected chi connectivity index (χ0v) is 52.5. The molecule has 0 bridgehead atoms. The molecular formula is C77H88BN3. The van der Waals surface area contributed by atoms with E-state index in [9.17, 15) is 0 Å². The molecular weight excluding hydrogens is 978 g/mol. The van der Waals surface area contributed by atoms with Gasteiger partial charge in [-0.15, -0.1) is 0 Å². The zero-order chi connectivity index (χ0) is 57.1. The molecule has 0 radical (unpaired) electrons. The van der Waals surface area contributed by atoms with Gasteiger partial charge >= 0.3 is 0 Å². The second kappa shape index (κ2) is 15.8. The monoisotopic (exact) mass is 1070 g/mol. The van der Waals surface area contributed by atoms with E-state index in [1.54, 1.807) is 0 Å². The van der Waals surface area contributed by atoms with Gasteiger partial charge in [0.15, 0.2) is 0 Å². The largest absolute Gasteiger partial charge is 0.334 e. The number of benzene rings is 7. The molecule has 1 saturated carbocycles. The first-order chi connectivity index (χ1) is 37.9. The summed E-state index contributed by atoms with van der Waals surface area (Å²) < 4.78 is 0. The van der Waals surface area contributed by atoms with E-state index in [0.717, 1.165) is 0 Å². The van der Waals surface area contributed by atoms with Crippen molar-refractivity contribution in [1.29, 1.82) is 0 Å². The van der Waals surface area contributed by atoms with Crippen LogP contribution in [0.25, 0.3) is 11.1 Å². The van der Waals surface area contributed by atoms with E-state index < -0.39 is 5.41 Å². The molecule has 8 aliphatic rings. The van der Waals surface area contributed by atoms with Gasteiger partial charge in [-0.1, -0.05) is 177 Å². The van der Waals surface area contributed by atoms with Crippen molar-refractivity contribution in [2.75, 3.05) is 14.7 Å². The van der Waals surface area contributed by atoms with Crippen molar-refractivity contribution in [3.05, 3.63) is 170 Å². The van der Waals surface area contributed by atoms with E-state index in [-0.39, 0.29) is 50.2 Å². The summed E-state index contributed by atoms with van der Waals surface area (Å²) in [7, 11) is 0. The fourth-order valence-corrected chi connectivity index (χ4v) is 18.4. The molecule has 4 aliphatic heterocycles. The van der Waals surface area contributed by atoms with Crippen molar-refractivity contribution in [1.82, 2.24) is 0 Å². The van der Waals surface area contributed by atoms with Crippen LogP contribution in [0.1, 0.15) is 230 Å². The normalized spacial score (nSPS) is 25.0.